The Morgan fingerprint density at radius 2 is 2.16 bits per heavy atom. The number of fused-ring (bicyclic) bond motifs is 1. The molecule has 0 aliphatic carbocycles. The van der Waals surface area contributed by atoms with Gasteiger partial charge in [0.25, 0.3) is 0 Å². The Balaban J connectivity index is 1.93. The maximum Gasteiger partial charge on any atom is 0.202 e. The Kier molecular flexibility index (Phi) is 2.97. The van der Waals surface area contributed by atoms with E-state index in [0.29, 0.717) is 11.9 Å². The van der Waals surface area contributed by atoms with Crippen LogP contribution in [0.25, 0.3) is 11.2 Å². The highest BCUT2D eigenvalue weighted by atomic mass is 15.3. The van der Waals surface area contributed by atoms with E-state index in [2.05, 4.69) is 26.6 Å². The van der Waals surface area contributed by atoms with Gasteiger partial charge < -0.3 is 10.6 Å². The van der Waals surface area contributed by atoms with Gasteiger partial charge in [-0.2, -0.15) is 5.10 Å². The van der Waals surface area contributed by atoms with Gasteiger partial charge in [0, 0.05) is 20.1 Å². The summed E-state index contributed by atoms with van der Waals surface area (Å²) < 4.78 is 4.01. The van der Waals surface area contributed by atoms with Gasteiger partial charge >= 0.3 is 0 Å². The van der Waals surface area contributed by atoms with Gasteiger partial charge in [0.2, 0.25) is 5.95 Å². The maximum atomic E-state index is 6.08. The third-order valence-electron chi connectivity index (χ3n) is 4.08. The summed E-state index contributed by atoms with van der Waals surface area (Å²) in [6.07, 6.45) is 2.53. The Labute approximate surface area is 113 Å². The van der Waals surface area contributed by atoms with Crippen molar-refractivity contribution in [3.63, 3.8) is 0 Å². The van der Waals surface area contributed by atoms with E-state index < -0.39 is 0 Å². The SMILES string of the molecule is Cc1nn(C)c2c1nc(N)n2CC1CCCN(C)C1. The first-order valence-corrected chi connectivity index (χ1v) is 6.90. The molecule has 1 fully saturated rings. The summed E-state index contributed by atoms with van der Waals surface area (Å²) in [6, 6.07) is 0. The number of aromatic nitrogens is 4. The smallest absolute Gasteiger partial charge is 0.202 e. The van der Waals surface area contributed by atoms with Crippen molar-refractivity contribution in [3.8, 4) is 0 Å². The molecular weight excluding hydrogens is 240 g/mol. The van der Waals surface area contributed by atoms with Crippen LogP contribution >= 0.6 is 0 Å². The second-order valence-corrected chi connectivity index (χ2v) is 5.73. The zero-order valence-corrected chi connectivity index (χ0v) is 11.9. The summed E-state index contributed by atoms with van der Waals surface area (Å²) in [5, 5.41) is 4.43. The molecule has 6 nitrogen and oxygen atoms in total. The van der Waals surface area contributed by atoms with Crippen LogP contribution in [0.4, 0.5) is 5.95 Å². The fraction of sp³-hybridized carbons (Fsp3) is 0.692. The molecule has 2 N–H and O–H groups in total. The lowest BCUT2D eigenvalue weighted by molar-refractivity contribution is 0.196. The van der Waals surface area contributed by atoms with Crippen molar-refractivity contribution in [2.75, 3.05) is 25.9 Å². The number of aryl methyl sites for hydroxylation is 2. The van der Waals surface area contributed by atoms with Crippen molar-refractivity contribution in [2.24, 2.45) is 13.0 Å². The van der Waals surface area contributed by atoms with Crippen LogP contribution in [0.1, 0.15) is 18.5 Å². The molecule has 2 aromatic rings. The molecule has 3 rings (SSSR count). The molecule has 1 atom stereocenters. The van der Waals surface area contributed by atoms with Crippen molar-refractivity contribution in [1.29, 1.82) is 0 Å². The van der Waals surface area contributed by atoms with Gasteiger partial charge in [-0.05, 0) is 39.3 Å². The van der Waals surface area contributed by atoms with Crippen LogP contribution in [0.3, 0.4) is 0 Å². The summed E-state index contributed by atoms with van der Waals surface area (Å²) in [5.74, 6) is 1.26. The molecule has 0 saturated carbocycles. The number of anilines is 1. The zero-order chi connectivity index (χ0) is 13.6. The Hall–Kier alpha value is -1.56. The number of rotatable bonds is 2. The predicted octanol–water partition coefficient (Wildman–Crippen LogP) is 1.00. The van der Waals surface area contributed by atoms with Crippen LogP contribution in [0.15, 0.2) is 0 Å². The minimum atomic E-state index is 0.610. The molecule has 1 unspecified atom stereocenters. The molecule has 104 valence electrons. The van der Waals surface area contributed by atoms with Crippen LogP contribution in [-0.2, 0) is 13.6 Å². The van der Waals surface area contributed by atoms with E-state index in [1.165, 1.54) is 19.4 Å². The fourth-order valence-corrected chi connectivity index (χ4v) is 3.21. The molecule has 0 aromatic carbocycles. The first-order valence-electron chi connectivity index (χ1n) is 6.90. The molecule has 1 aliphatic heterocycles. The maximum absolute atomic E-state index is 6.08. The van der Waals surface area contributed by atoms with E-state index >= 15 is 0 Å². The summed E-state index contributed by atoms with van der Waals surface area (Å²) in [6.45, 7) is 5.26. The minimum absolute atomic E-state index is 0.610. The Morgan fingerprint density at radius 1 is 1.37 bits per heavy atom. The Morgan fingerprint density at radius 3 is 2.89 bits per heavy atom. The van der Waals surface area contributed by atoms with E-state index in [0.717, 1.165) is 29.9 Å². The highest BCUT2D eigenvalue weighted by molar-refractivity contribution is 5.77. The summed E-state index contributed by atoms with van der Waals surface area (Å²) in [7, 11) is 4.15. The van der Waals surface area contributed by atoms with Gasteiger partial charge in [0.1, 0.15) is 5.52 Å². The third-order valence-corrected chi connectivity index (χ3v) is 4.08. The van der Waals surface area contributed by atoms with E-state index in [1.807, 2.05) is 18.7 Å². The summed E-state index contributed by atoms with van der Waals surface area (Å²) in [5.41, 5.74) is 9.01. The molecule has 3 heterocycles. The van der Waals surface area contributed by atoms with Gasteiger partial charge in [-0.15, -0.1) is 0 Å². The number of hydrogen-bond acceptors (Lipinski definition) is 4. The second-order valence-electron chi connectivity index (χ2n) is 5.73. The summed E-state index contributed by atoms with van der Waals surface area (Å²) >= 11 is 0. The van der Waals surface area contributed by atoms with Crippen molar-refractivity contribution >= 4 is 17.1 Å². The van der Waals surface area contributed by atoms with Crippen LogP contribution in [0, 0.1) is 12.8 Å². The number of nitrogens with two attached hydrogens (primary N) is 1. The molecule has 1 aliphatic rings. The van der Waals surface area contributed by atoms with E-state index in [1.54, 1.807) is 0 Å². The number of piperidine rings is 1. The van der Waals surface area contributed by atoms with Crippen LogP contribution in [-0.4, -0.2) is 44.4 Å². The fourth-order valence-electron chi connectivity index (χ4n) is 3.21. The van der Waals surface area contributed by atoms with Gasteiger partial charge in [0.05, 0.1) is 5.69 Å². The highest BCUT2D eigenvalue weighted by Gasteiger charge is 2.22. The number of nitrogens with zero attached hydrogens (tertiary/aromatic N) is 5. The molecule has 6 heteroatoms. The van der Waals surface area contributed by atoms with E-state index in [9.17, 15) is 0 Å². The number of likely N-dealkylation sites (tertiary alicyclic amines) is 1. The average Bonchev–Trinajstić information content (AvgIpc) is 2.80. The molecule has 0 amide bonds. The number of imidazole rings is 1. The number of hydrogen-bond donors (Lipinski definition) is 1. The van der Waals surface area contributed by atoms with Crippen molar-refractivity contribution < 1.29 is 0 Å². The van der Waals surface area contributed by atoms with Crippen LogP contribution in [0.2, 0.25) is 0 Å². The van der Waals surface area contributed by atoms with E-state index in [4.69, 9.17) is 5.73 Å². The third kappa shape index (κ3) is 2.10. The first kappa shape index (κ1) is 12.5. The predicted molar refractivity (Wildman–Crippen MR) is 75.9 cm³/mol. The van der Waals surface area contributed by atoms with Gasteiger partial charge in [-0.3, -0.25) is 9.25 Å². The van der Waals surface area contributed by atoms with Crippen molar-refractivity contribution in [3.05, 3.63) is 5.69 Å². The topological polar surface area (TPSA) is 64.9 Å². The van der Waals surface area contributed by atoms with Gasteiger partial charge in [-0.1, -0.05) is 0 Å². The largest absolute Gasteiger partial charge is 0.369 e. The van der Waals surface area contributed by atoms with Crippen LogP contribution in [0.5, 0.6) is 0 Å². The zero-order valence-electron chi connectivity index (χ0n) is 11.9. The van der Waals surface area contributed by atoms with Crippen molar-refractivity contribution in [1.82, 2.24) is 24.2 Å². The quantitative estimate of drug-likeness (QED) is 0.877. The lowest BCUT2D eigenvalue weighted by Crippen LogP contribution is -2.34. The van der Waals surface area contributed by atoms with E-state index in [-0.39, 0.29) is 0 Å². The minimum Gasteiger partial charge on any atom is -0.369 e. The average molecular weight is 262 g/mol. The Bertz CT molecular complexity index is 596. The molecule has 0 spiro atoms. The molecule has 19 heavy (non-hydrogen) atoms. The second kappa shape index (κ2) is 4.52. The number of nitrogen functional groups attached to an aromatic ring is 1. The van der Waals surface area contributed by atoms with Crippen molar-refractivity contribution in [2.45, 2.75) is 26.3 Å². The normalized spacial score (nSPS) is 21.3. The summed E-state index contributed by atoms with van der Waals surface area (Å²) in [4.78, 5) is 6.86. The lowest BCUT2D eigenvalue weighted by Gasteiger charge is -2.30. The monoisotopic (exact) mass is 262 g/mol. The lowest BCUT2D eigenvalue weighted by atomic mass is 9.98. The van der Waals surface area contributed by atoms with Crippen LogP contribution < -0.4 is 5.73 Å². The standard InChI is InChI=1S/C13H22N6/c1-9-11-12(18(3)16-9)19(13(14)15-11)8-10-5-4-6-17(2)7-10/h10H,4-8H2,1-3H3,(H2,14,15). The molecular formula is C13H22N6. The molecule has 1 saturated heterocycles. The van der Waals surface area contributed by atoms with Gasteiger partial charge in [-0.25, -0.2) is 4.98 Å². The molecule has 0 bridgehead atoms. The molecule has 2 aromatic heterocycles. The highest BCUT2D eigenvalue weighted by Crippen LogP contribution is 2.24. The molecule has 0 radical (unpaired) electrons. The van der Waals surface area contributed by atoms with Gasteiger partial charge in [0.15, 0.2) is 5.65 Å². The first-order chi connectivity index (χ1) is 9.06.